The Hall–Kier alpha value is -0.120. The summed E-state index contributed by atoms with van der Waals surface area (Å²) in [5.41, 5.74) is 5.64. The van der Waals surface area contributed by atoms with Crippen molar-refractivity contribution in [2.75, 3.05) is 33.2 Å². The Morgan fingerprint density at radius 2 is 2.08 bits per heavy atom. The fraction of sp³-hybridized carbons (Fsp3) is 1.00. The van der Waals surface area contributed by atoms with Crippen molar-refractivity contribution in [3.63, 3.8) is 0 Å². The van der Waals surface area contributed by atoms with Crippen LogP contribution >= 0.6 is 0 Å². The summed E-state index contributed by atoms with van der Waals surface area (Å²) >= 11 is 0. The van der Waals surface area contributed by atoms with E-state index in [1.807, 2.05) is 0 Å². The van der Waals surface area contributed by atoms with Crippen LogP contribution < -0.4 is 5.73 Å². The number of hydrogen-bond acceptors (Lipinski definition) is 3. The van der Waals surface area contributed by atoms with E-state index in [1.165, 1.54) is 32.4 Å². The number of nitrogens with two attached hydrogens (primary N) is 1. The summed E-state index contributed by atoms with van der Waals surface area (Å²) in [6.45, 7) is 4.43. The third kappa shape index (κ3) is 2.22. The molecule has 0 bridgehead atoms. The molecule has 0 aromatic heterocycles. The van der Waals surface area contributed by atoms with E-state index in [1.54, 1.807) is 0 Å². The van der Waals surface area contributed by atoms with Crippen LogP contribution in [-0.4, -0.2) is 55.1 Å². The van der Waals surface area contributed by atoms with Crippen LogP contribution in [0.15, 0.2) is 0 Å². The second-order valence-corrected chi connectivity index (χ2v) is 4.46. The quantitative estimate of drug-likeness (QED) is 0.671. The second-order valence-electron chi connectivity index (χ2n) is 4.46. The molecule has 0 aromatic carbocycles. The topological polar surface area (TPSA) is 32.5 Å². The molecule has 1 saturated heterocycles. The van der Waals surface area contributed by atoms with Crippen LogP contribution in [0.4, 0.5) is 0 Å². The van der Waals surface area contributed by atoms with E-state index in [-0.39, 0.29) is 0 Å². The predicted octanol–water partition coefficient (Wildman–Crippen LogP) is 0.114. The van der Waals surface area contributed by atoms with Crippen molar-refractivity contribution in [1.82, 2.24) is 9.80 Å². The molecule has 1 saturated carbocycles. The van der Waals surface area contributed by atoms with Crippen molar-refractivity contribution in [2.24, 2.45) is 5.73 Å². The molecule has 2 rings (SSSR count). The molecular weight excluding hydrogens is 162 g/mol. The molecule has 2 N–H and O–H groups in total. The van der Waals surface area contributed by atoms with Crippen molar-refractivity contribution < 1.29 is 0 Å². The van der Waals surface area contributed by atoms with Gasteiger partial charge >= 0.3 is 0 Å². The largest absolute Gasteiger partial charge is 0.329 e. The summed E-state index contributed by atoms with van der Waals surface area (Å²) < 4.78 is 0. The molecule has 3 nitrogen and oxygen atoms in total. The maximum atomic E-state index is 5.64. The van der Waals surface area contributed by atoms with E-state index in [0.29, 0.717) is 0 Å². The molecular formula is C10H21N3. The van der Waals surface area contributed by atoms with Crippen LogP contribution in [0.2, 0.25) is 0 Å². The smallest absolute Gasteiger partial charge is 0.0238 e. The van der Waals surface area contributed by atoms with Gasteiger partial charge in [-0.15, -0.1) is 0 Å². The first-order valence-electron chi connectivity index (χ1n) is 5.45. The molecule has 1 heterocycles. The Balaban J connectivity index is 1.87. The molecule has 13 heavy (non-hydrogen) atoms. The Labute approximate surface area is 80.9 Å². The van der Waals surface area contributed by atoms with Crippen LogP contribution in [0.5, 0.6) is 0 Å². The molecule has 1 aliphatic carbocycles. The molecule has 1 unspecified atom stereocenters. The average molecular weight is 183 g/mol. The lowest BCUT2D eigenvalue weighted by atomic mass is 10.2. The first-order chi connectivity index (χ1) is 6.31. The van der Waals surface area contributed by atoms with Gasteiger partial charge < -0.3 is 10.6 Å². The Kier molecular flexibility index (Phi) is 2.86. The third-order valence-corrected chi connectivity index (χ3v) is 3.24. The molecule has 1 aliphatic heterocycles. The van der Waals surface area contributed by atoms with Gasteiger partial charge in [0.2, 0.25) is 0 Å². The van der Waals surface area contributed by atoms with Crippen LogP contribution in [-0.2, 0) is 0 Å². The highest BCUT2D eigenvalue weighted by Gasteiger charge is 2.35. The maximum Gasteiger partial charge on any atom is 0.0238 e. The predicted molar refractivity (Wildman–Crippen MR) is 54.7 cm³/mol. The van der Waals surface area contributed by atoms with Gasteiger partial charge in [-0.1, -0.05) is 0 Å². The minimum Gasteiger partial charge on any atom is -0.329 e. The molecule has 0 spiro atoms. The van der Waals surface area contributed by atoms with E-state index in [4.69, 9.17) is 5.73 Å². The normalized spacial score (nSPS) is 30.2. The first-order valence-corrected chi connectivity index (χ1v) is 5.45. The second kappa shape index (κ2) is 3.95. The highest BCUT2D eigenvalue weighted by atomic mass is 15.3. The minimum absolute atomic E-state index is 0.793. The Morgan fingerprint density at radius 3 is 2.54 bits per heavy atom. The van der Waals surface area contributed by atoms with Gasteiger partial charge in [-0.05, 0) is 32.9 Å². The molecule has 0 amide bonds. The number of hydrogen-bond donors (Lipinski definition) is 1. The van der Waals surface area contributed by atoms with E-state index in [0.717, 1.165) is 25.2 Å². The zero-order valence-corrected chi connectivity index (χ0v) is 8.58. The van der Waals surface area contributed by atoms with E-state index < -0.39 is 0 Å². The zero-order chi connectivity index (χ0) is 9.26. The van der Waals surface area contributed by atoms with Gasteiger partial charge in [-0.2, -0.15) is 0 Å². The Morgan fingerprint density at radius 1 is 1.31 bits per heavy atom. The molecule has 0 radical (unpaired) electrons. The summed E-state index contributed by atoms with van der Waals surface area (Å²) in [6.07, 6.45) is 4.15. The number of nitrogens with zero attached hydrogens (tertiary/aromatic N) is 2. The molecule has 3 heteroatoms. The standard InChI is InChI=1S/C10H21N3/c1-12-6-4-10(8-12)13(7-5-11)9-2-3-9/h9-10H,2-8,11H2,1H3. The zero-order valence-electron chi connectivity index (χ0n) is 8.58. The lowest BCUT2D eigenvalue weighted by molar-refractivity contribution is 0.193. The van der Waals surface area contributed by atoms with Crippen molar-refractivity contribution >= 4 is 0 Å². The minimum atomic E-state index is 0.793. The monoisotopic (exact) mass is 183 g/mol. The number of likely N-dealkylation sites (N-methyl/N-ethyl adjacent to an activating group) is 1. The summed E-state index contributed by atoms with van der Waals surface area (Å²) in [5.74, 6) is 0. The van der Waals surface area contributed by atoms with Crippen LogP contribution in [0.3, 0.4) is 0 Å². The number of rotatable bonds is 4. The van der Waals surface area contributed by atoms with E-state index >= 15 is 0 Å². The van der Waals surface area contributed by atoms with E-state index in [9.17, 15) is 0 Å². The van der Waals surface area contributed by atoms with Crippen LogP contribution in [0, 0.1) is 0 Å². The lowest BCUT2D eigenvalue weighted by Gasteiger charge is -2.28. The van der Waals surface area contributed by atoms with Crippen molar-refractivity contribution in [3.8, 4) is 0 Å². The van der Waals surface area contributed by atoms with Crippen LogP contribution in [0.1, 0.15) is 19.3 Å². The van der Waals surface area contributed by atoms with Gasteiger partial charge in [0.05, 0.1) is 0 Å². The van der Waals surface area contributed by atoms with Gasteiger partial charge in [0.1, 0.15) is 0 Å². The van der Waals surface area contributed by atoms with Gasteiger partial charge in [-0.25, -0.2) is 0 Å². The SMILES string of the molecule is CN1CCC(N(CCN)C2CC2)C1. The summed E-state index contributed by atoms with van der Waals surface area (Å²) in [5, 5.41) is 0. The maximum absolute atomic E-state index is 5.64. The average Bonchev–Trinajstić information content (AvgIpc) is 2.85. The van der Waals surface area contributed by atoms with Gasteiger partial charge in [0.15, 0.2) is 0 Å². The van der Waals surface area contributed by atoms with Gasteiger partial charge in [0.25, 0.3) is 0 Å². The molecule has 2 aliphatic rings. The highest BCUT2D eigenvalue weighted by Crippen LogP contribution is 2.30. The fourth-order valence-corrected chi connectivity index (χ4v) is 2.40. The third-order valence-electron chi connectivity index (χ3n) is 3.24. The summed E-state index contributed by atoms with van der Waals surface area (Å²) in [7, 11) is 2.22. The number of likely N-dealkylation sites (tertiary alicyclic amines) is 1. The molecule has 0 aromatic rings. The van der Waals surface area contributed by atoms with Crippen LogP contribution in [0.25, 0.3) is 0 Å². The molecule has 1 atom stereocenters. The first kappa shape index (κ1) is 9.44. The fourth-order valence-electron chi connectivity index (χ4n) is 2.40. The molecule has 2 fully saturated rings. The summed E-state index contributed by atoms with van der Waals surface area (Å²) in [6, 6.07) is 1.67. The van der Waals surface area contributed by atoms with Gasteiger partial charge in [-0.3, -0.25) is 4.90 Å². The van der Waals surface area contributed by atoms with Crippen molar-refractivity contribution in [1.29, 1.82) is 0 Å². The Bertz CT molecular complexity index is 168. The summed E-state index contributed by atoms with van der Waals surface area (Å²) in [4.78, 5) is 5.07. The van der Waals surface area contributed by atoms with E-state index in [2.05, 4.69) is 16.8 Å². The molecule has 76 valence electrons. The van der Waals surface area contributed by atoms with Gasteiger partial charge in [0, 0.05) is 31.7 Å². The van der Waals surface area contributed by atoms with Crippen molar-refractivity contribution in [3.05, 3.63) is 0 Å². The van der Waals surface area contributed by atoms with Crippen molar-refractivity contribution in [2.45, 2.75) is 31.3 Å². The highest BCUT2D eigenvalue weighted by molar-refractivity contribution is 4.92. The lowest BCUT2D eigenvalue weighted by Crippen LogP contribution is -2.41.